The van der Waals surface area contributed by atoms with Crippen LogP contribution >= 0.6 is 0 Å². The van der Waals surface area contributed by atoms with E-state index in [1.807, 2.05) is 32.9 Å². The summed E-state index contributed by atoms with van der Waals surface area (Å²) >= 11 is 0. The topological polar surface area (TPSA) is 50.4 Å². The van der Waals surface area contributed by atoms with Crippen LogP contribution in [-0.4, -0.2) is 24.1 Å². The Morgan fingerprint density at radius 3 is 2.15 bits per heavy atom. The van der Waals surface area contributed by atoms with Crippen LogP contribution in [0.25, 0.3) is 0 Å². The molecule has 4 aliphatic carbocycles. The summed E-state index contributed by atoms with van der Waals surface area (Å²) < 4.78 is 5.61. The van der Waals surface area contributed by atoms with Gasteiger partial charge in [-0.15, -0.1) is 0 Å². The third kappa shape index (κ3) is 4.66. The number of carbonyl (C=O) groups excluding carboxylic acids is 1. The Morgan fingerprint density at radius 2 is 1.59 bits per heavy atom. The predicted molar refractivity (Wildman–Crippen MR) is 108 cm³/mol. The first-order chi connectivity index (χ1) is 12.9. The highest BCUT2D eigenvalue weighted by molar-refractivity contribution is 5.78. The van der Waals surface area contributed by atoms with Gasteiger partial charge in [-0.3, -0.25) is 4.79 Å². The molecule has 0 aliphatic heterocycles. The summed E-state index contributed by atoms with van der Waals surface area (Å²) in [7, 11) is 0. The van der Waals surface area contributed by atoms with Gasteiger partial charge in [0.25, 0.3) is 5.91 Å². The molecule has 4 nitrogen and oxygen atoms in total. The third-order valence-electron chi connectivity index (χ3n) is 6.58. The molecule has 4 bridgehead atoms. The molecule has 0 heterocycles. The highest BCUT2D eigenvalue weighted by atomic mass is 16.5. The number of hydrogen-bond acceptors (Lipinski definition) is 3. The van der Waals surface area contributed by atoms with E-state index in [0.29, 0.717) is 0 Å². The van der Waals surface area contributed by atoms with Crippen molar-refractivity contribution in [3.63, 3.8) is 0 Å². The molecule has 4 saturated carbocycles. The van der Waals surface area contributed by atoms with E-state index >= 15 is 0 Å². The summed E-state index contributed by atoms with van der Waals surface area (Å²) in [6.07, 6.45) is 7.32. The Labute approximate surface area is 163 Å². The summed E-state index contributed by atoms with van der Waals surface area (Å²) in [6.45, 7) is 6.89. The standard InChI is InChI=1S/C23H34N2O2/c1-23(2,3)25-21(26)14-27-20-6-4-15(5-7-20)13-24-22-18-9-16-8-17(11-18)12-19(22)10-16/h4-7,16-19,22,24H,8-14H2,1-3H3,(H,25,26). The molecule has 0 radical (unpaired) electrons. The first kappa shape index (κ1) is 18.8. The maximum Gasteiger partial charge on any atom is 0.258 e. The van der Waals surface area contributed by atoms with Gasteiger partial charge in [0.05, 0.1) is 0 Å². The number of benzene rings is 1. The van der Waals surface area contributed by atoms with Gasteiger partial charge in [-0.05, 0) is 94.2 Å². The number of carbonyl (C=O) groups is 1. The monoisotopic (exact) mass is 370 g/mol. The van der Waals surface area contributed by atoms with Gasteiger partial charge < -0.3 is 15.4 Å². The van der Waals surface area contributed by atoms with Crippen LogP contribution < -0.4 is 15.4 Å². The van der Waals surface area contributed by atoms with E-state index in [1.165, 1.54) is 37.7 Å². The zero-order chi connectivity index (χ0) is 19.0. The smallest absolute Gasteiger partial charge is 0.258 e. The number of nitrogens with one attached hydrogen (secondary N) is 2. The van der Waals surface area contributed by atoms with Crippen LogP contribution in [0.15, 0.2) is 24.3 Å². The number of amides is 1. The zero-order valence-electron chi connectivity index (χ0n) is 17.0. The molecule has 0 saturated heterocycles. The predicted octanol–water partition coefficient (Wildman–Crippen LogP) is 3.89. The number of hydrogen-bond donors (Lipinski definition) is 2. The molecule has 0 unspecified atom stereocenters. The van der Waals surface area contributed by atoms with Crippen LogP contribution in [0.1, 0.15) is 58.4 Å². The van der Waals surface area contributed by atoms with Gasteiger partial charge in [0, 0.05) is 18.1 Å². The molecule has 4 aliphatic rings. The van der Waals surface area contributed by atoms with E-state index in [4.69, 9.17) is 4.74 Å². The second-order valence-corrected chi connectivity index (χ2v) is 10.1. The Morgan fingerprint density at radius 1 is 1.00 bits per heavy atom. The van der Waals surface area contributed by atoms with Crippen molar-refractivity contribution < 1.29 is 9.53 Å². The van der Waals surface area contributed by atoms with Crippen molar-refractivity contribution in [3.05, 3.63) is 29.8 Å². The van der Waals surface area contributed by atoms with Gasteiger partial charge in [0.1, 0.15) is 5.75 Å². The van der Waals surface area contributed by atoms with Crippen molar-refractivity contribution in [2.45, 2.75) is 71.0 Å². The maximum atomic E-state index is 11.9. The summed E-state index contributed by atoms with van der Waals surface area (Å²) in [6, 6.07) is 8.88. The molecule has 4 fully saturated rings. The molecule has 5 rings (SSSR count). The van der Waals surface area contributed by atoms with E-state index in [1.54, 1.807) is 0 Å². The number of rotatable bonds is 6. The second-order valence-electron chi connectivity index (χ2n) is 10.1. The van der Waals surface area contributed by atoms with Gasteiger partial charge in [-0.2, -0.15) is 0 Å². The average Bonchev–Trinajstić information content (AvgIpc) is 2.58. The SMILES string of the molecule is CC(C)(C)NC(=O)COc1ccc(CNC2C3CC4CC(C3)CC2C4)cc1. The average molecular weight is 371 g/mol. The second kappa shape index (κ2) is 7.46. The molecule has 1 aromatic rings. The van der Waals surface area contributed by atoms with Crippen LogP contribution in [0.5, 0.6) is 5.75 Å². The Bertz CT molecular complexity index is 634. The van der Waals surface area contributed by atoms with E-state index in [-0.39, 0.29) is 18.1 Å². The molecule has 148 valence electrons. The summed E-state index contributed by atoms with van der Waals surface area (Å²) in [5.74, 6) is 4.53. The van der Waals surface area contributed by atoms with Crippen molar-refractivity contribution in [1.29, 1.82) is 0 Å². The fourth-order valence-electron chi connectivity index (χ4n) is 5.80. The van der Waals surface area contributed by atoms with E-state index in [2.05, 4.69) is 22.8 Å². The number of ether oxygens (including phenoxy) is 1. The molecule has 4 heteroatoms. The molecule has 1 amide bonds. The van der Waals surface area contributed by atoms with Crippen molar-refractivity contribution in [1.82, 2.24) is 10.6 Å². The van der Waals surface area contributed by atoms with Gasteiger partial charge in [-0.25, -0.2) is 0 Å². The Hall–Kier alpha value is -1.55. The third-order valence-corrected chi connectivity index (χ3v) is 6.58. The fraction of sp³-hybridized carbons (Fsp3) is 0.696. The molecule has 0 aromatic heterocycles. The highest BCUT2D eigenvalue weighted by Crippen LogP contribution is 2.53. The zero-order valence-corrected chi connectivity index (χ0v) is 17.0. The lowest BCUT2D eigenvalue weighted by atomic mass is 9.54. The van der Waals surface area contributed by atoms with Crippen LogP contribution in [0.3, 0.4) is 0 Å². The molecule has 27 heavy (non-hydrogen) atoms. The van der Waals surface area contributed by atoms with Crippen molar-refractivity contribution in [3.8, 4) is 5.75 Å². The fourth-order valence-corrected chi connectivity index (χ4v) is 5.80. The first-order valence-electron chi connectivity index (χ1n) is 10.6. The van der Waals surface area contributed by atoms with Gasteiger partial charge in [-0.1, -0.05) is 12.1 Å². The lowest BCUT2D eigenvalue weighted by Gasteiger charge is -2.54. The normalized spacial score (nSPS) is 31.7. The minimum atomic E-state index is -0.228. The van der Waals surface area contributed by atoms with Crippen LogP contribution in [-0.2, 0) is 11.3 Å². The van der Waals surface area contributed by atoms with Crippen LogP contribution in [0, 0.1) is 23.7 Å². The summed E-state index contributed by atoms with van der Waals surface area (Å²) in [5.41, 5.74) is 1.06. The molecular weight excluding hydrogens is 336 g/mol. The minimum absolute atomic E-state index is 0.0582. The van der Waals surface area contributed by atoms with Crippen LogP contribution in [0.4, 0.5) is 0 Å². The summed E-state index contributed by atoms with van der Waals surface area (Å²) in [4.78, 5) is 11.9. The lowest BCUT2D eigenvalue weighted by Crippen LogP contribution is -2.54. The Kier molecular flexibility index (Phi) is 5.19. The quantitative estimate of drug-likeness (QED) is 0.799. The molecule has 0 atom stereocenters. The van der Waals surface area contributed by atoms with Gasteiger partial charge in [0.2, 0.25) is 0 Å². The molecule has 0 spiro atoms. The first-order valence-corrected chi connectivity index (χ1v) is 10.6. The molecular formula is C23H34N2O2. The van der Waals surface area contributed by atoms with E-state index in [0.717, 1.165) is 42.0 Å². The molecule has 1 aromatic carbocycles. The van der Waals surface area contributed by atoms with E-state index in [9.17, 15) is 4.79 Å². The molecule has 2 N–H and O–H groups in total. The maximum absolute atomic E-state index is 11.9. The van der Waals surface area contributed by atoms with E-state index < -0.39 is 0 Å². The minimum Gasteiger partial charge on any atom is -0.484 e. The van der Waals surface area contributed by atoms with Gasteiger partial charge in [0.15, 0.2) is 6.61 Å². The Balaban J connectivity index is 1.24. The summed E-state index contributed by atoms with van der Waals surface area (Å²) in [5, 5.41) is 6.78. The lowest BCUT2D eigenvalue weighted by molar-refractivity contribution is -0.124. The van der Waals surface area contributed by atoms with Crippen molar-refractivity contribution in [2.24, 2.45) is 23.7 Å². The highest BCUT2D eigenvalue weighted by Gasteiger charge is 2.47. The largest absolute Gasteiger partial charge is 0.484 e. The van der Waals surface area contributed by atoms with Crippen molar-refractivity contribution >= 4 is 5.91 Å². The van der Waals surface area contributed by atoms with Gasteiger partial charge >= 0.3 is 0 Å². The van der Waals surface area contributed by atoms with Crippen LogP contribution in [0.2, 0.25) is 0 Å². The van der Waals surface area contributed by atoms with Crippen molar-refractivity contribution in [2.75, 3.05) is 6.61 Å².